The van der Waals surface area contributed by atoms with Gasteiger partial charge >= 0.3 is 5.97 Å². The van der Waals surface area contributed by atoms with Gasteiger partial charge in [0.25, 0.3) is 5.91 Å². The van der Waals surface area contributed by atoms with Gasteiger partial charge in [0.1, 0.15) is 5.75 Å². The van der Waals surface area contributed by atoms with Crippen LogP contribution in [0.5, 0.6) is 5.75 Å². The molecule has 0 aliphatic heterocycles. The molecule has 1 atom stereocenters. The number of benzene rings is 3. The Morgan fingerprint density at radius 3 is 2.27 bits per heavy atom. The van der Waals surface area contributed by atoms with Crippen molar-refractivity contribution in [3.05, 3.63) is 100 Å². The number of carbonyl (C=O) groups excluding carboxylic acids is 2. The van der Waals surface area contributed by atoms with Crippen LogP contribution in [-0.4, -0.2) is 30.2 Å². The van der Waals surface area contributed by atoms with E-state index in [9.17, 15) is 9.59 Å². The van der Waals surface area contributed by atoms with Crippen molar-refractivity contribution < 1.29 is 19.1 Å². The van der Waals surface area contributed by atoms with Crippen molar-refractivity contribution in [2.45, 2.75) is 40.0 Å². The number of ether oxygens (including phenoxy) is 2. The predicted octanol–water partition coefficient (Wildman–Crippen LogP) is 7.22. The first-order chi connectivity index (χ1) is 17.6. The number of rotatable bonds is 7. The van der Waals surface area contributed by atoms with E-state index in [1.165, 1.54) is 0 Å². The Balaban J connectivity index is 1.65. The van der Waals surface area contributed by atoms with Gasteiger partial charge in [-0.3, -0.25) is 14.2 Å². The summed E-state index contributed by atoms with van der Waals surface area (Å²) in [5, 5.41) is 1.34. The van der Waals surface area contributed by atoms with Crippen LogP contribution in [0.15, 0.2) is 72.8 Å². The summed E-state index contributed by atoms with van der Waals surface area (Å²) >= 11 is 6.02. The number of esters is 1. The lowest BCUT2D eigenvalue weighted by Gasteiger charge is -2.30. The summed E-state index contributed by atoms with van der Waals surface area (Å²) in [6.45, 7) is 8.56. The maximum Gasteiger partial charge on any atom is 0.310 e. The molecule has 0 saturated heterocycles. The number of aromatic nitrogens is 1. The maximum atomic E-state index is 13.5. The van der Waals surface area contributed by atoms with Crippen LogP contribution < -0.4 is 4.74 Å². The Labute approximate surface area is 223 Å². The number of methoxy groups -OCH3 is 1. The van der Waals surface area contributed by atoms with Crippen LogP contribution >= 0.6 is 11.6 Å². The molecule has 4 rings (SSSR count). The zero-order chi connectivity index (χ0) is 26.7. The topological polar surface area (TPSA) is 57.5 Å². The summed E-state index contributed by atoms with van der Waals surface area (Å²) in [5.41, 5.74) is 3.69. The third-order valence-electron chi connectivity index (χ3n) is 6.82. The number of halogens is 1. The number of hydrogen-bond donors (Lipinski definition) is 0. The Morgan fingerprint density at radius 2 is 1.65 bits per heavy atom. The third-order valence-corrected chi connectivity index (χ3v) is 7.07. The van der Waals surface area contributed by atoms with Crippen molar-refractivity contribution in [3.63, 3.8) is 0 Å². The zero-order valence-corrected chi connectivity index (χ0v) is 22.6. The molecule has 0 spiro atoms. The lowest BCUT2D eigenvalue weighted by molar-refractivity contribution is -0.144. The normalized spacial score (nSPS) is 12.4. The van der Waals surface area contributed by atoms with E-state index in [4.69, 9.17) is 21.1 Å². The Morgan fingerprint density at radius 1 is 0.973 bits per heavy atom. The number of nitrogens with zero attached hydrogens (tertiary/aromatic N) is 1. The number of hydrogen-bond acceptors (Lipinski definition) is 4. The highest BCUT2D eigenvalue weighted by Gasteiger charge is 2.28. The smallest absolute Gasteiger partial charge is 0.310 e. The van der Waals surface area contributed by atoms with Gasteiger partial charge in [0.15, 0.2) is 0 Å². The molecule has 1 aromatic heterocycles. The van der Waals surface area contributed by atoms with Crippen molar-refractivity contribution in [3.8, 4) is 5.75 Å². The summed E-state index contributed by atoms with van der Waals surface area (Å²) in [6.07, 6.45) is 0.0437. The highest BCUT2D eigenvalue weighted by Crippen LogP contribution is 2.36. The van der Waals surface area contributed by atoms with E-state index in [1.54, 1.807) is 35.9 Å². The summed E-state index contributed by atoms with van der Waals surface area (Å²) < 4.78 is 12.9. The fourth-order valence-corrected chi connectivity index (χ4v) is 4.82. The van der Waals surface area contributed by atoms with Gasteiger partial charge < -0.3 is 9.47 Å². The first-order valence-electron chi connectivity index (χ1n) is 12.3. The predicted molar refractivity (Wildman–Crippen MR) is 148 cm³/mol. The zero-order valence-electron chi connectivity index (χ0n) is 21.9. The van der Waals surface area contributed by atoms with E-state index in [2.05, 4.69) is 32.9 Å². The fraction of sp³-hybridized carbons (Fsp3) is 0.290. The minimum atomic E-state index is -0.339. The lowest BCUT2D eigenvalue weighted by Crippen LogP contribution is -2.25. The van der Waals surface area contributed by atoms with Gasteiger partial charge in [-0.25, -0.2) is 0 Å². The Kier molecular flexibility index (Phi) is 7.74. The molecule has 192 valence electrons. The molecule has 37 heavy (non-hydrogen) atoms. The summed E-state index contributed by atoms with van der Waals surface area (Å²) in [4.78, 5) is 26.7. The fourth-order valence-electron chi connectivity index (χ4n) is 4.70. The molecule has 0 aliphatic carbocycles. The molecule has 0 bridgehead atoms. The molecule has 0 fully saturated rings. The van der Waals surface area contributed by atoms with E-state index < -0.39 is 0 Å². The SMILES string of the molecule is COc1ccc2c(c1)c(CC(=O)OCC(c1ccccc1)C(C)(C)C)c(C)n2C(=O)c1ccc(Cl)cc1. The highest BCUT2D eigenvalue weighted by molar-refractivity contribution is 6.30. The summed E-state index contributed by atoms with van der Waals surface area (Å²) in [5.74, 6) is 0.164. The molecule has 1 heterocycles. The molecule has 6 heteroatoms. The first kappa shape index (κ1) is 26.5. The minimum absolute atomic E-state index is 0.0437. The van der Waals surface area contributed by atoms with Crippen LogP contribution in [-0.2, 0) is 16.0 Å². The van der Waals surface area contributed by atoms with Crippen molar-refractivity contribution >= 4 is 34.4 Å². The summed E-state index contributed by atoms with van der Waals surface area (Å²) in [7, 11) is 1.59. The van der Waals surface area contributed by atoms with Crippen molar-refractivity contribution in [1.29, 1.82) is 0 Å². The minimum Gasteiger partial charge on any atom is -0.497 e. The van der Waals surface area contributed by atoms with Crippen LogP contribution in [0, 0.1) is 12.3 Å². The average molecular weight is 518 g/mol. The van der Waals surface area contributed by atoms with Crippen LogP contribution in [0.2, 0.25) is 5.02 Å². The van der Waals surface area contributed by atoms with E-state index in [-0.39, 0.29) is 36.2 Å². The second-order valence-corrected chi connectivity index (χ2v) is 10.7. The van der Waals surface area contributed by atoms with Gasteiger partial charge in [-0.15, -0.1) is 0 Å². The molecule has 5 nitrogen and oxygen atoms in total. The van der Waals surface area contributed by atoms with Crippen LogP contribution in [0.3, 0.4) is 0 Å². The Hall–Kier alpha value is -3.57. The third kappa shape index (κ3) is 5.72. The van der Waals surface area contributed by atoms with E-state index >= 15 is 0 Å². The lowest BCUT2D eigenvalue weighted by atomic mass is 9.77. The molecule has 1 unspecified atom stereocenters. The van der Waals surface area contributed by atoms with Crippen LogP contribution in [0.25, 0.3) is 10.9 Å². The first-order valence-corrected chi connectivity index (χ1v) is 12.7. The van der Waals surface area contributed by atoms with Gasteiger partial charge in [0.05, 0.1) is 25.7 Å². The van der Waals surface area contributed by atoms with E-state index in [0.717, 1.165) is 16.5 Å². The average Bonchev–Trinajstić information content (AvgIpc) is 3.14. The van der Waals surface area contributed by atoms with E-state index in [0.29, 0.717) is 27.5 Å². The molecule has 4 aromatic rings. The Bertz CT molecular complexity index is 1420. The van der Waals surface area contributed by atoms with Gasteiger partial charge in [-0.1, -0.05) is 62.7 Å². The second kappa shape index (κ2) is 10.8. The van der Waals surface area contributed by atoms with E-state index in [1.807, 2.05) is 43.3 Å². The van der Waals surface area contributed by atoms with Gasteiger partial charge in [0, 0.05) is 27.6 Å². The standard InChI is InChI=1S/C31H32ClNO4/c1-20-25(18-29(34)37-19-27(31(2,3)4)21-9-7-6-8-10-21)26-17-24(36-5)15-16-28(26)33(20)30(35)22-11-13-23(32)14-12-22/h6-17,27H,18-19H2,1-5H3. The van der Waals surface area contributed by atoms with Crippen molar-refractivity contribution in [2.75, 3.05) is 13.7 Å². The highest BCUT2D eigenvalue weighted by atomic mass is 35.5. The van der Waals surface area contributed by atoms with Crippen LogP contribution in [0.4, 0.5) is 0 Å². The molecule has 3 aromatic carbocycles. The van der Waals surface area contributed by atoms with Crippen molar-refractivity contribution in [2.24, 2.45) is 5.41 Å². The molecule has 0 saturated carbocycles. The maximum absolute atomic E-state index is 13.5. The summed E-state index contributed by atoms with van der Waals surface area (Å²) in [6, 6.07) is 22.4. The molecular weight excluding hydrogens is 486 g/mol. The van der Waals surface area contributed by atoms with Crippen LogP contribution in [0.1, 0.15) is 53.9 Å². The monoisotopic (exact) mass is 517 g/mol. The van der Waals surface area contributed by atoms with Crippen molar-refractivity contribution in [1.82, 2.24) is 4.57 Å². The quantitative estimate of drug-likeness (QED) is 0.243. The molecule has 0 amide bonds. The largest absolute Gasteiger partial charge is 0.497 e. The molecular formula is C31H32ClNO4. The molecule has 0 N–H and O–H groups in total. The van der Waals surface area contributed by atoms with Gasteiger partial charge in [0.2, 0.25) is 0 Å². The van der Waals surface area contributed by atoms with Gasteiger partial charge in [-0.2, -0.15) is 0 Å². The second-order valence-electron chi connectivity index (χ2n) is 10.3. The number of carbonyl (C=O) groups is 2. The van der Waals surface area contributed by atoms with Gasteiger partial charge in [-0.05, 0) is 65.9 Å². The molecule has 0 aliphatic rings. The number of fused-ring (bicyclic) bond motifs is 1. The molecule has 0 radical (unpaired) electrons.